The van der Waals surface area contributed by atoms with Gasteiger partial charge in [-0.25, -0.2) is 9.59 Å². The summed E-state index contributed by atoms with van der Waals surface area (Å²) in [5.74, 6) is -1.62. The van der Waals surface area contributed by atoms with Crippen LogP contribution in [0.2, 0.25) is 0 Å². The Morgan fingerprint density at radius 3 is 2.15 bits per heavy atom. The number of benzene rings is 1. The van der Waals surface area contributed by atoms with Crippen LogP contribution in [-0.2, 0) is 16.1 Å². The van der Waals surface area contributed by atoms with E-state index in [2.05, 4.69) is 40.7 Å². The molecule has 2 N–H and O–H groups in total. The van der Waals surface area contributed by atoms with Crippen molar-refractivity contribution in [2.45, 2.75) is 13.5 Å². The zero-order chi connectivity index (χ0) is 19.1. The average molecular weight is 356 g/mol. The number of hydrogen-bond acceptors (Lipinski definition) is 4. The summed E-state index contributed by atoms with van der Waals surface area (Å²) in [5, 5.41) is 15.6. The van der Waals surface area contributed by atoms with Gasteiger partial charge in [0.1, 0.15) is 5.75 Å². The lowest BCUT2D eigenvalue weighted by atomic mass is 10.1. The number of nitrogens with zero attached hydrogens (tertiary/aromatic N) is 2. The maximum atomic E-state index is 9.55. The normalized spacial score (nSPS) is 12.6. The number of aromatic nitrogens is 1. The van der Waals surface area contributed by atoms with Crippen LogP contribution in [-0.4, -0.2) is 46.1 Å². The van der Waals surface area contributed by atoms with Crippen molar-refractivity contribution in [3.63, 3.8) is 0 Å². The number of ether oxygens (including phenoxy) is 1. The van der Waals surface area contributed by atoms with E-state index in [1.807, 2.05) is 12.1 Å². The fourth-order valence-electron chi connectivity index (χ4n) is 2.58. The Hall–Kier alpha value is -3.35. The molecule has 136 valence electrons. The van der Waals surface area contributed by atoms with E-state index in [4.69, 9.17) is 14.9 Å². The number of aliphatic carboxylic acids is 2. The summed E-state index contributed by atoms with van der Waals surface area (Å²) in [6, 6.07) is 12.5. The van der Waals surface area contributed by atoms with Crippen LogP contribution in [0.1, 0.15) is 12.6 Å². The Bertz CT molecular complexity index is 831. The van der Waals surface area contributed by atoms with Gasteiger partial charge < -0.3 is 19.5 Å². The van der Waals surface area contributed by atoms with Crippen LogP contribution in [0.15, 0.2) is 53.5 Å². The summed E-state index contributed by atoms with van der Waals surface area (Å²) in [4.78, 5) is 23.6. The second-order valence-corrected chi connectivity index (χ2v) is 5.46. The van der Waals surface area contributed by atoms with Gasteiger partial charge >= 0.3 is 11.9 Å². The van der Waals surface area contributed by atoms with Crippen LogP contribution in [0.3, 0.4) is 0 Å². The molecule has 26 heavy (non-hydrogen) atoms. The predicted octanol–water partition coefficient (Wildman–Crippen LogP) is 2.70. The molecule has 3 rings (SSSR count). The first-order valence-electron chi connectivity index (χ1n) is 7.91. The van der Waals surface area contributed by atoms with Crippen LogP contribution >= 0.6 is 0 Å². The fourth-order valence-corrected chi connectivity index (χ4v) is 2.58. The number of hydrogen-bond donors (Lipinski definition) is 2. The molecular weight excluding hydrogens is 336 g/mol. The molecule has 0 aliphatic carbocycles. The van der Waals surface area contributed by atoms with E-state index in [0.29, 0.717) is 12.2 Å². The molecule has 0 bridgehead atoms. The third-order valence-corrected chi connectivity index (χ3v) is 3.78. The minimum atomic E-state index is -1.26. The first kappa shape index (κ1) is 19.0. The highest BCUT2D eigenvalue weighted by Crippen LogP contribution is 2.26. The van der Waals surface area contributed by atoms with Gasteiger partial charge in [0.15, 0.2) is 0 Å². The second-order valence-electron chi connectivity index (χ2n) is 5.46. The average Bonchev–Trinajstić information content (AvgIpc) is 3.06. The Morgan fingerprint density at radius 1 is 1.04 bits per heavy atom. The highest BCUT2D eigenvalue weighted by molar-refractivity contribution is 5.98. The fraction of sp³-hybridized carbons (Fsp3) is 0.211. The molecule has 0 saturated heterocycles. The van der Waals surface area contributed by atoms with Crippen LogP contribution < -0.4 is 4.74 Å². The van der Waals surface area contributed by atoms with Crippen molar-refractivity contribution in [3.8, 4) is 17.0 Å². The molecule has 2 aromatic rings. The molecule has 0 radical (unpaired) electrons. The minimum absolute atomic E-state index is 0.558. The quantitative estimate of drug-likeness (QED) is 0.820. The van der Waals surface area contributed by atoms with E-state index < -0.39 is 11.9 Å². The van der Waals surface area contributed by atoms with Crippen molar-refractivity contribution in [2.75, 3.05) is 13.7 Å². The van der Waals surface area contributed by atoms with Gasteiger partial charge in [0.25, 0.3) is 0 Å². The highest BCUT2D eigenvalue weighted by atomic mass is 16.5. The van der Waals surface area contributed by atoms with Crippen molar-refractivity contribution in [1.82, 2.24) is 4.57 Å². The number of rotatable bonds is 4. The topological polar surface area (TPSA) is 101 Å². The van der Waals surface area contributed by atoms with Crippen LogP contribution in [0.5, 0.6) is 5.75 Å². The molecule has 0 saturated carbocycles. The predicted molar refractivity (Wildman–Crippen MR) is 97.9 cm³/mol. The van der Waals surface area contributed by atoms with Crippen molar-refractivity contribution in [1.29, 1.82) is 0 Å². The Labute approximate surface area is 150 Å². The van der Waals surface area contributed by atoms with E-state index in [9.17, 15) is 9.59 Å². The SMILES string of the molecule is COc1ccc(-c2ccc3n2CCN=C3C)cc1.O=C(O)C=CC(=O)O. The standard InChI is InChI=1S/C15H16N2O.C4H4O4/c1-11-14-7-8-15(17(14)10-9-16-11)12-3-5-13(18-2)6-4-12;5-3(6)1-2-4(7)8/h3-8H,9-10H2,1-2H3;1-2H,(H,5,6)(H,7,8). The first-order chi connectivity index (χ1) is 12.4. The number of carbonyl (C=O) groups is 2. The zero-order valence-electron chi connectivity index (χ0n) is 14.5. The smallest absolute Gasteiger partial charge is 0.328 e. The lowest BCUT2D eigenvalue weighted by Crippen LogP contribution is -2.16. The van der Waals surface area contributed by atoms with Crippen molar-refractivity contribution < 1.29 is 24.5 Å². The molecule has 0 spiro atoms. The summed E-state index contributed by atoms with van der Waals surface area (Å²) in [6.45, 7) is 3.90. The van der Waals surface area contributed by atoms with E-state index in [1.54, 1.807) is 7.11 Å². The number of carboxylic acid groups (broad SMARTS) is 2. The molecule has 7 nitrogen and oxygen atoms in total. The Kier molecular flexibility index (Phi) is 6.32. The van der Waals surface area contributed by atoms with E-state index in [0.717, 1.165) is 24.6 Å². The van der Waals surface area contributed by atoms with Crippen molar-refractivity contribution in [3.05, 3.63) is 54.2 Å². The molecule has 1 aliphatic heterocycles. The Balaban J connectivity index is 0.000000260. The lowest BCUT2D eigenvalue weighted by molar-refractivity contribution is -0.134. The summed E-state index contributed by atoms with van der Waals surface area (Å²) >= 11 is 0. The molecular formula is C19H20N2O5. The van der Waals surface area contributed by atoms with E-state index in [-0.39, 0.29) is 0 Å². The van der Waals surface area contributed by atoms with Gasteiger partial charge in [-0.05, 0) is 48.9 Å². The molecule has 0 amide bonds. The van der Waals surface area contributed by atoms with Gasteiger partial charge in [-0.1, -0.05) is 0 Å². The number of carboxylic acids is 2. The molecule has 7 heteroatoms. The second kappa shape index (κ2) is 8.66. The zero-order valence-corrected chi connectivity index (χ0v) is 14.5. The van der Waals surface area contributed by atoms with Crippen LogP contribution in [0, 0.1) is 0 Å². The molecule has 0 unspecified atom stereocenters. The number of fused-ring (bicyclic) bond motifs is 1. The maximum absolute atomic E-state index is 9.55. The van der Waals surface area contributed by atoms with Crippen LogP contribution in [0.4, 0.5) is 0 Å². The summed E-state index contributed by atoms with van der Waals surface area (Å²) < 4.78 is 7.53. The largest absolute Gasteiger partial charge is 0.497 e. The lowest BCUT2D eigenvalue weighted by Gasteiger charge is -2.17. The number of methoxy groups -OCH3 is 1. The van der Waals surface area contributed by atoms with Crippen molar-refractivity contribution >= 4 is 17.7 Å². The molecule has 0 atom stereocenters. The Morgan fingerprint density at radius 2 is 1.62 bits per heavy atom. The summed E-state index contributed by atoms with van der Waals surface area (Å²) in [5.41, 5.74) is 4.83. The third kappa shape index (κ3) is 4.83. The highest BCUT2D eigenvalue weighted by Gasteiger charge is 2.14. The molecule has 1 aromatic carbocycles. The molecule has 1 aliphatic rings. The van der Waals surface area contributed by atoms with Gasteiger partial charge in [-0.15, -0.1) is 0 Å². The van der Waals surface area contributed by atoms with Gasteiger partial charge in [0.05, 0.1) is 25.1 Å². The first-order valence-corrected chi connectivity index (χ1v) is 7.91. The number of aliphatic imine (C=N–C) groups is 1. The van der Waals surface area contributed by atoms with Gasteiger partial charge in [-0.2, -0.15) is 0 Å². The van der Waals surface area contributed by atoms with E-state index in [1.165, 1.54) is 17.0 Å². The molecule has 1 aromatic heterocycles. The summed E-state index contributed by atoms with van der Waals surface area (Å²) in [6.07, 6.45) is 1.12. The van der Waals surface area contributed by atoms with Gasteiger partial charge in [0, 0.05) is 24.4 Å². The van der Waals surface area contributed by atoms with E-state index >= 15 is 0 Å². The van der Waals surface area contributed by atoms with Crippen molar-refractivity contribution in [2.24, 2.45) is 4.99 Å². The minimum Gasteiger partial charge on any atom is -0.497 e. The van der Waals surface area contributed by atoms with Crippen LogP contribution in [0.25, 0.3) is 11.3 Å². The molecule has 0 fully saturated rings. The van der Waals surface area contributed by atoms with Gasteiger partial charge in [-0.3, -0.25) is 4.99 Å². The molecule has 2 heterocycles. The monoisotopic (exact) mass is 356 g/mol. The van der Waals surface area contributed by atoms with Gasteiger partial charge in [0.2, 0.25) is 0 Å². The maximum Gasteiger partial charge on any atom is 0.328 e. The summed E-state index contributed by atoms with van der Waals surface area (Å²) in [7, 11) is 1.69. The third-order valence-electron chi connectivity index (χ3n) is 3.78.